The lowest BCUT2D eigenvalue weighted by Crippen LogP contribution is -2.61. The van der Waals surface area contributed by atoms with Crippen molar-refractivity contribution in [3.63, 3.8) is 0 Å². The van der Waals surface area contributed by atoms with Crippen LogP contribution in [0.25, 0.3) is 0 Å². The molecule has 0 saturated carbocycles. The van der Waals surface area contributed by atoms with Gasteiger partial charge < -0.3 is 5.32 Å². The molecule has 0 spiro atoms. The maximum atomic E-state index is 5.73. The molecule has 1 N–H and O–H groups in total. The fourth-order valence-corrected chi connectivity index (χ4v) is 3.27. The number of nitrogens with zero attached hydrogens (tertiary/aromatic N) is 1. The van der Waals surface area contributed by atoms with Gasteiger partial charge in [-0.15, -0.1) is 0 Å². The topological polar surface area (TPSA) is 15.3 Å². The summed E-state index contributed by atoms with van der Waals surface area (Å²) in [6.45, 7) is 7.57. The zero-order valence-electron chi connectivity index (χ0n) is 12.5. The van der Waals surface area contributed by atoms with E-state index in [9.17, 15) is 0 Å². The zero-order valence-corrected chi connectivity index (χ0v) is 13.2. The summed E-state index contributed by atoms with van der Waals surface area (Å²) >= 11 is 5.73. The maximum Gasteiger partial charge on any atom is 0.0450 e. The van der Waals surface area contributed by atoms with E-state index in [0.717, 1.165) is 32.5 Å². The third-order valence-electron chi connectivity index (χ3n) is 4.68. The molecular weight excluding hydrogens is 268 g/mol. The molecule has 0 radical (unpaired) electrons. The van der Waals surface area contributed by atoms with Crippen molar-refractivity contribution in [1.82, 2.24) is 10.2 Å². The molecule has 1 atom stereocenters. The lowest BCUT2D eigenvalue weighted by molar-refractivity contribution is 0.0420. The number of rotatable bonds is 5. The van der Waals surface area contributed by atoms with Crippen molar-refractivity contribution in [2.45, 2.75) is 38.3 Å². The van der Waals surface area contributed by atoms with E-state index in [1.54, 1.807) is 5.54 Å². The first-order valence-electron chi connectivity index (χ1n) is 7.54. The number of nitrogens with one attached hydrogen (secondary N) is 1. The van der Waals surface area contributed by atoms with Gasteiger partial charge in [0.1, 0.15) is 0 Å². The Hall–Kier alpha value is -0.830. The molecule has 20 heavy (non-hydrogen) atoms. The molecule has 2 nitrogen and oxygen atoms in total. The van der Waals surface area contributed by atoms with Crippen LogP contribution < -0.4 is 5.32 Å². The van der Waals surface area contributed by atoms with Crippen molar-refractivity contribution in [1.29, 1.82) is 0 Å². The molecule has 1 heterocycles. The van der Waals surface area contributed by atoms with Crippen LogP contribution in [0.1, 0.15) is 38.3 Å². The lowest BCUT2D eigenvalue weighted by Gasteiger charge is -2.49. The highest BCUT2D eigenvalue weighted by molar-refractivity contribution is 6.25. The Balaban J connectivity index is 2.16. The monoisotopic (exact) mass is 292 g/mol. The van der Waals surface area contributed by atoms with Crippen LogP contribution in [0.4, 0.5) is 0 Å². The Kier molecular flexibility index (Phi) is 5.64. The number of piperazine rings is 1. The second-order valence-corrected chi connectivity index (χ2v) is 5.79. The van der Waals surface area contributed by atoms with Crippen molar-refractivity contribution in [3.8, 4) is 0 Å². The largest absolute Gasteiger partial charge is 0.307 e. The molecule has 0 amide bonds. The molecular formula is C17H25ClN2. The highest BCUT2D eigenvalue weighted by atomic mass is 35.5. The summed E-state index contributed by atoms with van der Waals surface area (Å²) in [5.74, 6) is 0. The van der Waals surface area contributed by atoms with Crippen LogP contribution in [-0.2, 0) is 0 Å². The second kappa shape index (κ2) is 7.26. The van der Waals surface area contributed by atoms with Gasteiger partial charge >= 0.3 is 0 Å². The van der Waals surface area contributed by atoms with E-state index in [1.807, 2.05) is 0 Å². The van der Waals surface area contributed by atoms with Gasteiger partial charge in [0.2, 0.25) is 0 Å². The van der Waals surface area contributed by atoms with Crippen LogP contribution in [0.5, 0.6) is 0 Å². The van der Waals surface area contributed by atoms with Crippen molar-refractivity contribution < 1.29 is 0 Å². The molecule has 1 unspecified atom stereocenters. The zero-order chi connectivity index (χ0) is 14.4. The first kappa shape index (κ1) is 15.6. The molecule has 0 bridgehead atoms. The minimum absolute atomic E-state index is 0.252. The number of hydrogen-bond acceptors (Lipinski definition) is 2. The first-order valence-corrected chi connectivity index (χ1v) is 7.98. The van der Waals surface area contributed by atoms with Gasteiger partial charge in [0.25, 0.3) is 0 Å². The molecule has 1 saturated heterocycles. The molecule has 0 aliphatic carbocycles. The Labute approximate surface area is 127 Å². The summed E-state index contributed by atoms with van der Waals surface area (Å²) in [6, 6.07) is 11.1. The number of halogens is 1. The average molecular weight is 293 g/mol. The molecule has 1 aliphatic rings. The van der Waals surface area contributed by atoms with Gasteiger partial charge in [0.05, 0.1) is 0 Å². The van der Waals surface area contributed by atoms with Gasteiger partial charge in [-0.05, 0) is 18.4 Å². The highest BCUT2D eigenvalue weighted by Gasteiger charge is 2.38. The van der Waals surface area contributed by atoms with Crippen LogP contribution >= 0.6 is 11.6 Å². The van der Waals surface area contributed by atoms with E-state index in [4.69, 9.17) is 11.6 Å². The standard InChI is InChI=1S/C17H25ClN2/c1-3-17(4-2)14-19-16(13-20(17)12-8-11-18)15-9-6-5-7-10-15/h5-11,16,19H,3-4,12-14H2,1-2H3/b11-8+. The van der Waals surface area contributed by atoms with Gasteiger partial charge in [-0.3, -0.25) is 4.90 Å². The van der Waals surface area contributed by atoms with E-state index in [0.29, 0.717) is 6.04 Å². The molecule has 1 aromatic carbocycles. The molecule has 1 fully saturated rings. The first-order chi connectivity index (χ1) is 9.75. The van der Waals surface area contributed by atoms with Crippen LogP contribution in [0.2, 0.25) is 0 Å². The Morgan fingerprint density at radius 2 is 2.00 bits per heavy atom. The molecule has 1 aliphatic heterocycles. The minimum atomic E-state index is 0.252. The SMILES string of the molecule is CCC1(CC)CNC(c2ccccc2)CN1C/C=C/Cl. The smallest absolute Gasteiger partial charge is 0.0450 e. The summed E-state index contributed by atoms with van der Waals surface area (Å²) in [4.78, 5) is 2.58. The number of benzene rings is 1. The molecule has 3 heteroatoms. The fourth-order valence-electron chi connectivity index (χ4n) is 3.19. The quantitative estimate of drug-likeness (QED) is 0.884. The lowest BCUT2D eigenvalue weighted by atomic mass is 9.86. The summed E-state index contributed by atoms with van der Waals surface area (Å²) in [5, 5.41) is 3.74. The van der Waals surface area contributed by atoms with Gasteiger partial charge in [-0.2, -0.15) is 0 Å². The predicted octanol–water partition coefficient (Wildman–Crippen LogP) is 3.94. The summed E-state index contributed by atoms with van der Waals surface area (Å²) < 4.78 is 0. The van der Waals surface area contributed by atoms with Gasteiger partial charge in [-0.25, -0.2) is 0 Å². The van der Waals surface area contributed by atoms with Crippen molar-refractivity contribution in [2.75, 3.05) is 19.6 Å². The molecule has 2 rings (SSSR count). The van der Waals surface area contributed by atoms with Gasteiger partial charge in [0.15, 0.2) is 0 Å². The van der Waals surface area contributed by atoms with E-state index in [1.165, 1.54) is 5.56 Å². The Morgan fingerprint density at radius 3 is 2.60 bits per heavy atom. The van der Waals surface area contributed by atoms with Gasteiger partial charge in [-0.1, -0.05) is 61.9 Å². The second-order valence-electron chi connectivity index (χ2n) is 5.54. The molecule has 0 aromatic heterocycles. The summed E-state index contributed by atoms with van der Waals surface area (Å²) in [7, 11) is 0. The average Bonchev–Trinajstić information content (AvgIpc) is 2.53. The van der Waals surface area contributed by atoms with E-state index in [-0.39, 0.29) is 5.54 Å². The highest BCUT2D eigenvalue weighted by Crippen LogP contribution is 2.31. The van der Waals surface area contributed by atoms with E-state index < -0.39 is 0 Å². The third kappa shape index (κ3) is 3.25. The summed E-state index contributed by atoms with van der Waals surface area (Å²) in [6.07, 6.45) is 4.37. The van der Waals surface area contributed by atoms with Crippen molar-refractivity contribution in [3.05, 3.63) is 47.5 Å². The number of hydrogen-bond donors (Lipinski definition) is 1. The van der Waals surface area contributed by atoms with Crippen LogP contribution in [0.3, 0.4) is 0 Å². The summed E-state index contributed by atoms with van der Waals surface area (Å²) in [5.41, 5.74) is 3.25. The molecule has 1 aromatic rings. The Morgan fingerprint density at radius 1 is 1.30 bits per heavy atom. The Bertz CT molecular complexity index is 426. The molecule has 110 valence electrons. The normalized spacial score (nSPS) is 23.2. The van der Waals surface area contributed by atoms with E-state index in [2.05, 4.69) is 60.5 Å². The van der Waals surface area contributed by atoms with Crippen molar-refractivity contribution in [2.24, 2.45) is 0 Å². The van der Waals surface area contributed by atoms with Crippen LogP contribution in [0, 0.1) is 0 Å². The maximum absolute atomic E-state index is 5.73. The van der Waals surface area contributed by atoms with E-state index >= 15 is 0 Å². The van der Waals surface area contributed by atoms with Gasteiger partial charge in [0, 0.05) is 36.8 Å². The predicted molar refractivity (Wildman–Crippen MR) is 87.1 cm³/mol. The van der Waals surface area contributed by atoms with Crippen LogP contribution in [0.15, 0.2) is 41.9 Å². The van der Waals surface area contributed by atoms with Crippen molar-refractivity contribution >= 4 is 11.6 Å². The minimum Gasteiger partial charge on any atom is -0.307 e. The van der Waals surface area contributed by atoms with Crippen LogP contribution in [-0.4, -0.2) is 30.1 Å². The fraction of sp³-hybridized carbons (Fsp3) is 0.529. The third-order valence-corrected chi connectivity index (χ3v) is 4.86.